The molecular weight excluding hydrogens is 483 g/mol. The lowest BCUT2D eigenvalue weighted by Crippen LogP contribution is -2.39. The van der Waals surface area contributed by atoms with E-state index in [0.717, 1.165) is 18.2 Å². The number of ether oxygens (including phenoxy) is 1. The molecule has 0 spiro atoms. The van der Waals surface area contributed by atoms with Crippen LogP contribution in [0.15, 0.2) is 35.2 Å². The third kappa shape index (κ3) is 6.22. The van der Waals surface area contributed by atoms with Gasteiger partial charge in [0, 0.05) is 12.6 Å². The summed E-state index contributed by atoms with van der Waals surface area (Å²) in [5, 5.41) is 0. The predicted octanol–water partition coefficient (Wildman–Crippen LogP) is 4.79. The van der Waals surface area contributed by atoms with E-state index in [1.807, 2.05) is 0 Å². The molecule has 0 bridgehead atoms. The van der Waals surface area contributed by atoms with Crippen LogP contribution in [0.5, 0.6) is 0 Å². The highest BCUT2D eigenvalue weighted by molar-refractivity contribution is 7.89. The Bertz CT molecular complexity index is 1160. The Balaban J connectivity index is 2.63. The van der Waals surface area contributed by atoms with E-state index < -0.39 is 80.2 Å². The number of benzene rings is 2. The minimum absolute atomic E-state index is 0.0564. The van der Waals surface area contributed by atoms with Gasteiger partial charge >= 0.3 is 12.1 Å². The highest BCUT2D eigenvalue weighted by Crippen LogP contribution is 2.34. The Morgan fingerprint density at radius 2 is 1.55 bits per heavy atom. The maximum absolute atomic E-state index is 14.2. The molecule has 2 aromatic rings. The summed E-state index contributed by atoms with van der Waals surface area (Å²) in [6.07, 6.45) is -4.92. The van der Waals surface area contributed by atoms with Crippen molar-refractivity contribution in [3.63, 3.8) is 0 Å². The maximum atomic E-state index is 14.2. The lowest BCUT2D eigenvalue weighted by atomic mass is 10.1. The standard InChI is InChI=1S/C20H18F7NO4S/c1-19(2,3)32-15(29)10-28(9-11-6-4-5-7-12(11)20(25,26)27)33(30,31)14-8-13(21)16(22)18(24)17(14)23/h4-8H,9-10H2,1-3H3. The van der Waals surface area contributed by atoms with Crippen molar-refractivity contribution in [2.45, 2.75) is 44.0 Å². The number of carbonyl (C=O) groups excluding carboxylic acids is 1. The number of esters is 1. The number of carbonyl (C=O) groups is 1. The van der Waals surface area contributed by atoms with Crippen molar-refractivity contribution in [3.8, 4) is 0 Å². The summed E-state index contributed by atoms with van der Waals surface area (Å²) in [5.41, 5.74) is -3.03. The van der Waals surface area contributed by atoms with Crippen LogP contribution in [0.25, 0.3) is 0 Å². The van der Waals surface area contributed by atoms with E-state index in [9.17, 15) is 43.9 Å². The van der Waals surface area contributed by atoms with E-state index in [1.54, 1.807) is 0 Å². The first kappa shape index (κ1) is 26.6. The Morgan fingerprint density at radius 3 is 2.09 bits per heavy atom. The second kappa shape index (κ2) is 9.29. The fourth-order valence-corrected chi connectivity index (χ4v) is 4.18. The Morgan fingerprint density at radius 1 is 0.970 bits per heavy atom. The van der Waals surface area contributed by atoms with E-state index in [2.05, 4.69) is 0 Å². The van der Waals surface area contributed by atoms with Gasteiger partial charge in [-0.3, -0.25) is 4.79 Å². The number of nitrogens with zero attached hydrogens (tertiary/aromatic N) is 1. The third-order valence-corrected chi connectivity index (χ3v) is 5.87. The lowest BCUT2D eigenvalue weighted by molar-refractivity contribution is -0.155. The van der Waals surface area contributed by atoms with E-state index in [4.69, 9.17) is 4.74 Å². The van der Waals surface area contributed by atoms with E-state index in [1.165, 1.54) is 20.8 Å². The number of hydrogen-bond acceptors (Lipinski definition) is 4. The van der Waals surface area contributed by atoms with Gasteiger partial charge in [-0.05, 0) is 32.4 Å². The second-order valence-corrected chi connectivity index (χ2v) is 9.72. The van der Waals surface area contributed by atoms with Crippen LogP contribution in [0.3, 0.4) is 0 Å². The molecule has 0 saturated heterocycles. The zero-order chi connectivity index (χ0) is 25.4. The van der Waals surface area contributed by atoms with E-state index in [-0.39, 0.29) is 10.4 Å². The van der Waals surface area contributed by atoms with Crippen LogP contribution in [0.1, 0.15) is 31.9 Å². The van der Waals surface area contributed by atoms with Gasteiger partial charge in [-0.2, -0.15) is 17.5 Å². The molecule has 0 radical (unpaired) electrons. The minimum atomic E-state index is -5.36. The predicted molar refractivity (Wildman–Crippen MR) is 101 cm³/mol. The van der Waals surface area contributed by atoms with Crippen LogP contribution < -0.4 is 0 Å². The van der Waals surface area contributed by atoms with Crippen LogP contribution >= 0.6 is 0 Å². The molecule has 0 aliphatic carbocycles. The number of sulfonamides is 1. The average molecular weight is 501 g/mol. The molecule has 13 heteroatoms. The molecule has 0 heterocycles. The van der Waals surface area contributed by atoms with Crippen molar-refractivity contribution in [1.82, 2.24) is 4.31 Å². The highest BCUT2D eigenvalue weighted by atomic mass is 32.2. The topological polar surface area (TPSA) is 63.7 Å². The van der Waals surface area contributed by atoms with Crippen LogP contribution in [0, 0.1) is 23.3 Å². The van der Waals surface area contributed by atoms with Crippen LogP contribution in [0.2, 0.25) is 0 Å². The van der Waals surface area contributed by atoms with Crippen LogP contribution in [-0.4, -0.2) is 30.8 Å². The summed E-state index contributed by atoms with van der Waals surface area (Å²) < 4.78 is 126. The molecule has 182 valence electrons. The van der Waals surface area contributed by atoms with E-state index >= 15 is 0 Å². The summed E-state index contributed by atoms with van der Waals surface area (Å²) in [4.78, 5) is 10.5. The second-order valence-electron chi connectivity index (χ2n) is 7.81. The Kier molecular flexibility index (Phi) is 7.49. The van der Waals surface area contributed by atoms with Gasteiger partial charge < -0.3 is 4.74 Å². The molecule has 2 aromatic carbocycles. The molecule has 0 unspecified atom stereocenters. The average Bonchev–Trinajstić information content (AvgIpc) is 2.66. The summed E-state index contributed by atoms with van der Waals surface area (Å²) in [6.45, 7) is 1.90. The van der Waals surface area contributed by atoms with Crippen molar-refractivity contribution >= 4 is 16.0 Å². The molecule has 0 atom stereocenters. The Hall–Kier alpha value is -2.67. The molecule has 0 fully saturated rings. The number of rotatable bonds is 6. The summed E-state index contributed by atoms with van der Waals surface area (Å²) in [7, 11) is -5.36. The summed E-state index contributed by atoms with van der Waals surface area (Å²) in [6, 6.07) is 3.57. The first-order valence-corrected chi connectivity index (χ1v) is 10.6. The van der Waals surface area contributed by atoms with Crippen LogP contribution in [0.4, 0.5) is 30.7 Å². The van der Waals surface area contributed by atoms with Crippen LogP contribution in [-0.2, 0) is 32.3 Å². The van der Waals surface area contributed by atoms with Crippen molar-refractivity contribution in [1.29, 1.82) is 0 Å². The molecule has 0 N–H and O–H groups in total. The zero-order valence-corrected chi connectivity index (χ0v) is 18.3. The fourth-order valence-electron chi connectivity index (χ4n) is 2.75. The molecule has 33 heavy (non-hydrogen) atoms. The van der Waals surface area contributed by atoms with Crippen molar-refractivity contribution in [2.75, 3.05) is 6.54 Å². The molecule has 0 aromatic heterocycles. The maximum Gasteiger partial charge on any atom is 0.416 e. The van der Waals surface area contributed by atoms with Gasteiger partial charge in [0.2, 0.25) is 10.0 Å². The Labute approximate surface area is 184 Å². The molecular formula is C20H18F7NO4S. The first-order valence-electron chi connectivity index (χ1n) is 9.15. The largest absolute Gasteiger partial charge is 0.459 e. The van der Waals surface area contributed by atoms with Crippen molar-refractivity contribution in [3.05, 3.63) is 64.7 Å². The monoisotopic (exact) mass is 501 g/mol. The van der Waals surface area contributed by atoms with Gasteiger partial charge in [0.25, 0.3) is 0 Å². The molecule has 2 rings (SSSR count). The normalized spacial score (nSPS) is 12.8. The smallest absolute Gasteiger partial charge is 0.416 e. The SMILES string of the molecule is CC(C)(C)OC(=O)CN(Cc1ccccc1C(F)(F)F)S(=O)(=O)c1cc(F)c(F)c(F)c1F. The molecule has 5 nitrogen and oxygen atoms in total. The quantitative estimate of drug-likeness (QED) is 0.247. The zero-order valence-electron chi connectivity index (χ0n) is 17.4. The van der Waals surface area contributed by atoms with Gasteiger partial charge in [0.15, 0.2) is 23.3 Å². The number of hydrogen-bond donors (Lipinski definition) is 0. The number of alkyl halides is 3. The third-order valence-electron chi connectivity index (χ3n) is 4.08. The van der Waals surface area contributed by atoms with Gasteiger partial charge in [-0.15, -0.1) is 0 Å². The van der Waals surface area contributed by atoms with E-state index in [0.29, 0.717) is 6.07 Å². The molecule has 0 aliphatic heterocycles. The van der Waals surface area contributed by atoms with Gasteiger partial charge in [-0.1, -0.05) is 18.2 Å². The molecule has 0 saturated carbocycles. The van der Waals surface area contributed by atoms with Crippen molar-refractivity contribution < 1.29 is 48.7 Å². The summed E-state index contributed by atoms with van der Waals surface area (Å²) >= 11 is 0. The van der Waals surface area contributed by atoms with Gasteiger partial charge in [-0.25, -0.2) is 26.0 Å². The van der Waals surface area contributed by atoms with Crippen molar-refractivity contribution in [2.24, 2.45) is 0 Å². The minimum Gasteiger partial charge on any atom is -0.459 e. The summed E-state index contributed by atoms with van der Waals surface area (Å²) in [5.74, 6) is -10.3. The van der Waals surface area contributed by atoms with Gasteiger partial charge in [0.05, 0.1) is 5.56 Å². The highest BCUT2D eigenvalue weighted by Gasteiger charge is 2.38. The molecule has 0 aliphatic rings. The fraction of sp³-hybridized carbons (Fsp3) is 0.350. The number of halogens is 7. The lowest BCUT2D eigenvalue weighted by Gasteiger charge is -2.26. The molecule has 0 amide bonds. The van der Waals surface area contributed by atoms with Gasteiger partial charge in [0.1, 0.15) is 17.0 Å². The first-order chi connectivity index (χ1) is 14.9.